The Hall–Kier alpha value is -1.10. The fraction of sp³-hybridized carbons (Fsp3) is 0.867. The van der Waals surface area contributed by atoms with E-state index < -0.39 is 5.97 Å². The van der Waals surface area contributed by atoms with Gasteiger partial charge in [0.15, 0.2) is 0 Å². The van der Waals surface area contributed by atoms with Gasteiger partial charge in [0.25, 0.3) is 0 Å². The second-order valence-electron chi connectivity index (χ2n) is 6.01. The van der Waals surface area contributed by atoms with Gasteiger partial charge in [-0.15, -0.1) is 0 Å². The fourth-order valence-electron chi connectivity index (χ4n) is 2.75. The van der Waals surface area contributed by atoms with Crippen molar-refractivity contribution in [1.29, 1.82) is 0 Å². The molecular weight excluding hydrogens is 256 g/mol. The van der Waals surface area contributed by atoms with Crippen LogP contribution in [-0.2, 0) is 9.59 Å². The van der Waals surface area contributed by atoms with E-state index in [1.807, 2.05) is 0 Å². The van der Waals surface area contributed by atoms with Crippen molar-refractivity contribution >= 4 is 11.9 Å². The van der Waals surface area contributed by atoms with Crippen LogP contribution in [0.15, 0.2) is 0 Å². The van der Waals surface area contributed by atoms with Gasteiger partial charge in [0.1, 0.15) is 0 Å². The van der Waals surface area contributed by atoms with Crippen molar-refractivity contribution in [1.82, 2.24) is 10.6 Å². The van der Waals surface area contributed by atoms with Crippen LogP contribution in [0.4, 0.5) is 0 Å². The van der Waals surface area contributed by atoms with Crippen molar-refractivity contribution in [3.8, 4) is 0 Å². The lowest BCUT2D eigenvalue weighted by Crippen LogP contribution is -2.37. The minimum atomic E-state index is -0.718. The van der Waals surface area contributed by atoms with Gasteiger partial charge in [-0.25, -0.2) is 0 Å². The Labute approximate surface area is 121 Å². The van der Waals surface area contributed by atoms with E-state index in [2.05, 4.69) is 24.5 Å². The van der Waals surface area contributed by atoms with E-state index in [9.17, 15) is 14.7 Å². The van der Waals surface area contributed by atoms with Gasteiger partial charge in [-0.3, -0.25) is 9.59 Å². The predicted molar refractivity (Wildman–Crippen MR) is 78.5 cm³/mol. The maximum atomic E-state index is 11.7. The zero-order chi connectivity index (χ0) is 15.0. The number of carbonyl (C=O) groups is 2. The van der Waals surface area contributed by atoms with Crippen molar-refractivity contribution in [2.75, 3.05) is 13.1 Å². The first-order valence-corrected chi connectivity index (χ1v) is 7.73. The van der Waals surface area contributed by atoms with E-state index in [-0.39, 0.29) is 17.7 Å². The van der Waals surface area contributed by atoms with Gasteiger partial charge in [-0.2, -0.15) is 0 Å². The van der Waals surface area contributed by atoms with Crippen LogP contribution in [0.1, 0.15) is 52.4 Å². The molecule has 0 radical (unpaired) electrons. The zero-order valence-corrected chi connectivity index (χ0v) is 12.7. The average molecular weight is 284 g/mol. The van der Waals surface area contributed by atoms with Crippen LogP contribution < -0.4 is 10.6 Å². The lowest BCUT2D eigenvalue weighted by atomic mass is 9.79. The fourth-order valence-corrected chi connectivity index (χ4v) is 2.75. The number of hydrogen-bond acceptors (Lipinski definition) is 3. The van der Waals surface area contributed by atoms with Gasteiger partial charge < -0.3 is 15.7 Å². The Morgan fingerprint density at radius 2 is 1.95 bits per heavy atom. The normalized spacial score (nSPS) is 22.8. The number of amides is 1. The molecule has 2 atom stereocenters. The van der Waals surface area contributed by atoms with Gasteiger partial charge >= 0.3 is 5.97 Å². The third kappa shape index (κ3) is 6.37. The molecule has 1 aliphatic rings. The molecule has 0 aromatic rings. The molecule has 1 rings (SSSR count). The van der Waals surface area contributed by atoms with E-state index in [4.69, 9.17) is 0 Å². The molecule has 5 heteroatoms. The third-order valence-electron chi connectivity index (χ3n) is 3.92. The predicted octanol–water partition coefficient (Wildman–Crippen LogP) is 1.77. The Bertz CT molecular complexity index is 318. The summed E-state index contributed by atoms with van der Waals surface area (Å²) in [5, 5.41) is 15.3. The maximum absolute atomic E-state index is 11.7. The summed E-state index contributed by atoms with van der Waals surface area (Å²) in [6.45, 7) is 5.50. The second kappa shape index (κ2) is 8.95. The van der Waals surface area contributed by atoms with E-state index in [0.29, 0.717) is 19.0 Å². The number of carbonyl (C=O) groups excluding carboxylic acids is 1. The first-order valence-electron chi connectivity index (χ1n) is 7.73. The summed E-state index contributed by atoms with van der Waals surface area (Å²) in [5.74, 6) is -0.874. The largest absolute Gasteiger partial charge is 0.481 e. The molecule has 1 fully saturated rings. The van der Waals surface area contributed by atoms with Crippen LogP contribution in [0.2, 0.25) is 0 Å². The smallest absolute Gasteiger partial charge is 0.306 e. The number of carboxylic acids is 1. The molecule has 1 amide bonds. The topological polar surface area (TPSA) is 78.4 Å². The summed E-state index contributed by atoms with van der Waals surface area (Å²) in [7, 11) is 0. The number of hydrogen-bond donors (Lipinski definition) is 3. The molecule has 0 saturated heterocycles. The monoisotopic (exact) mass is 284 g/mol. The van der Waals surface area contributed by atoms with Crippen LogP contribution in [0.3, 0.4) is 0 Å². The SMILES string of the molecule is CC(C)NCCCC(=O)NCC1CCCCC1C(=O)O. The van der Waals surface area contributed by atoms with E-state index in [1.54, 1.807) is 0 Å². The van der Waals surface area contributed by atoms with Gasteiger partial charge in [-0.1, -0.05) is 26.7 Å². The molecule has 0 aliphatic heterocycles. The lowest BCUT2D eigenvalue weighted by molar-refractivity contribution is -0.145. The highest BCUT2D eigenvalue weighted by Gasteiger charge is 2.30. The maximum Gasteiger partial charge on any atom is 0.306 e. The average Bonchev–Trinajstić information content (AvgIpc) is 2.41. The minimum Gasteiger partial charge on any atom is -0.481 e. The molecule has 0 heterocycles. The van der Waals surface area contributed by atoms with Crippen molar-refractivity contribution in [2.24, 2.45) is 11.8 Å². The Balaban J connectivity index is 2.20. The molecule has 116 valence electrons. The summed E-state index contributed by atoms with van der Waals surface area (Å²) in [5.41, 5.74) is 0. The molecule has 0 spiro atoms. The highest BCUT2D eigenvalue weighted by atomic mass is 16.4. The van der Waals surface area contributed by atoms with Gasteiger partial charge in [0.05, 0.1) is 5.92 Å². The summed E-state index contributed by atoms with van der Waals surface area (Å²) < 4.78 is 0. The minimum absolute atomic E-state index is 0.0327. The van der Waals surface area contributed by atoms with Crippen molar-refractivity contribution < 1.29 is 14.7 Å². The molecule has 5 nitrogen and oxygen atoms in total. The second-order valence-corrected chi connectivity index (χ2v) is 6.01. The van der Waals surface area contributed by atoms with E-state index in [1.165, 1.54) is 0 Å². The van der Waals surface area contributed by atoms with Crippen LogP contribution in [0, 0.1) is 11.8 Å². The van der Waals surface area contributed by atoms with Crippen LogP contribution in [-0.4, -0.2) is 36.1 Å². The number of aliphatic carboxylic acids is 1. The number of nitrogens with one attached hydrogen (secondary N) is 2. The van der Waals surface area contributed by atoms with Crippen LogP contribution in [0.25, 0.3) is 0 Å². The van der Waals surface area contributed by atoms with Crippen molar-refractivity contribution in [3.63, 3.8) is 0 Å². The molecule has 0 aromatic carbocycles. The molecular formula is C15H28N2O3. The van der Waals surface area contributed by atoms with Crippen LogP contribution in [0.5, 0.6) is 0 Å². The number of rotatable bonds is 8. The van der Waals surface area contributed by atoms with E-state index >= 15 is 0 Å². The standard InChI is InChI=1S/C15H28N2O3/c1-11(2)16-9-5-8-14(18)17-10-12-6-3-4-7-13(12)15(19)20/h11-13,16H,3-10H2,1-2H3,(H,17,18)(H,19,20). The zero-order valence-electron chi connectivity index (χ0n) is 12.7. The Kier molecular flexibility index (Phi) is 7.59. The molecule has 2 unspecified atom stereocenters. The summed E-state index contributed by atoms with van der Waals surface area (Å²) in [4.78, 5) is 22.9. The molecule has 1 saturated carbocycles. The van der Waals surface area contributed by atoms with Crippen LogP contribution >= 0.6 is 0 Å². The highest BCUT2D eigenvalue weighted by molar-refractivity contribution is 5.76. The number of carboxylic acid groups (broad SMARTS) is 1. The molecule has 3 N–H and O–H groups in total. The third-order valence-corrected chi connectivity index (χ3v) is 3.92. The highest BCUT2D eigenvalue weighted by Crippen LogP contribution is 2.29. The molecule has 0 bridgehead atoms. The Morgan fingerprint density at radius 1 is 1.25 bits per heavy atom. The lowest BCUT2D eigenvalue weighted by Gasteiger charge is -2.28. The first kappa shape index (κ1) is 17.0. The molecule has 1 aliphatic carbocycles. The van der Waals surface area contributed by atoms with Crippen molar-refractivity contribution in [2.45, 2.75) is 58.4 Å². The summed E-state index contributed by atoms with van der Waals surface area (Å²) in [6.07, 6.45) is 5.03. The summed E-state index contributed by atoms with van der Waals surface area (Å²) in [6, 6.07) is 0.441. The summed E-state index contributed by atoms with van der Waals surface area (Å²) >= 11 is 0. The van der Waals surface area contributed by atoms with Crippen molar-refractivity contribution in [3.05, 3.63) is 0 Å². The Morgan fingerprint density at radius 3 is 2.60 bits per heavy atom. The van der Waals surface area contributed by atoms with E-state index in [0.717, 1.165) is 38.6 Å². The quantitative estimate of drug-likeness (QED) is 0.594. The van der Waals surface area contributed by atoms with Gasteiger partial charge in [-0.05, 0) is 31.7 Å². The first-order chi connectivity index (χ1) is 9.50. The van der Waals surface area contributed by atoms with Gasteiger partial charge in [0, 0.05) is 19.0 Å². The molecule has 0 aromatic heterocycles. The molecule has 20 heavy (non-hydrogen) atoms. The van der Waals surface area contributed by atoms with Gasteiger partial charge in [0.2, 0.25) is 5.91 Å².